The summed E-state index contributed by atoms with van der Waals surface area (Å²) in [6, 6.07) is 7.46. The molecule has 1 aliphatic rings. The first kappa shape index (κ1) is 21.5. The molecule has 0 saturated heterocycles. The molecule has 0 aromatic heterocycles. The maximum Gasteiger partial charge on any atom is 0.247 e. The van der Waals surface area contributed by atoms with Crippen LogP contribution in [0.15, 0.2) is 24.3 Å². The Kier molecular flexibility index (Phi) is 7.88. The summed E-state index contributed by atoms with van der Waals surface area (Å²) in [7, 11) is 0. The van der Waals surface area contributed by atoms with Crippen molar-refractivity contribution >= 4 is 17.5 Å². The van der Waals surface area contributed by atoms with Gasteiger partial charge in [0.05, 0.1) is 0 Å². The van der Waals surface area contributed by atoms with Crippen LogP contribution in [0.1, 0.15) is 78.2 Å². The summed E-state index contributed by atoms with van der Waals surface area (Å²) in [6.45, 7) is 10.6. The highest BCUT2D eigenvalue weighted by molar-refractivity contribution is 5.97. The van der Waals surface area contributed by atoms with Gasteiger partial charge in [0, 0.05) is 11.6 Å². The van der Waals surface area contributed by atoms with Gasteiger partial charge in [-0.1, -0.05) is 53.2 Å². The summed E-state index contributed by atoms with van der Waals surface area (Å²) < 4.78 is 0. The van der Waals surface area contributed by atoms with Crippen LogP contribution >= 0.6 is 0 Å². The molecule has 1 aliphatic carbocycles. The second-order valence-corrected chi connectivity index (χ2v) is 8.59. The van der Waals surface area contributed by atoms with Crippen molar-refractivity contribution in [3.8, 4) is 0 Å². The average molecular weight is 373 g/mol. The summed E-state index contributed by atoms with van der Waals surface area (Å²) in [4.78, 5) is 25.6. The highest BCUT2D eigenvalue weighted by Crippen LogP contribution is 2.28. The largest absolute Gasteiger partial charge is 0.344 e. The fraction of sp³-hybridized carbons (Fsp3) is 0.652. The summed E-state index contributed by atoms with van der Waals surface area (Å²) in [6.07, 6.45) is 4.89. The molecule has 1 aromatic rings. The molecule has 2 atom stereocenters. The van der Waals surface area contributed by atoms with Crippen LogP contribution in [0, 0.1) is 17.8 Å². The van der Waals surface area contributed by atoms with Gasteiger partial charge in [0.15, 0.2) is 0 Å². The zero-order chi connectivity index (χ0) is 20.0. The van der Waals surface area contributed by atoms with Crippen molar-refractivity contribution in [2.24, 2.45) is 17.8 Å². The van der Waals surface area contributed by atoms with Gasteiger partial charge in [-0.15, -0.1) is 0 Å². The van der Waals surface area contributed by atoms with Gasteiger partial charge in [-0.25, -0.2) is 0 Å². The van der Waals surface area contributed by atoms with Gasteiger partial charge in [0.25, 0.3) is 0 Å². The number of benzene rings is 1. The van der Waals surface area contributed by atoms with Crippen LogP contribution in [0.25, 0.3) is 0 Å². The minimum Gasteiger partial charge on any atom is -0.344 e. The molecule has 1 fully saturated rings. The third kappa shape index (κ3) is 6.08. The fourth-order valence-corrected chi connectivity index (χ4v) is 3.67. The predicted molar refractivity (Wildman–Crippen MR) is 112 cm³/mol. The van der Waals surface area contributed by atoms with E-state index in [-0.39, 0.29) is 23.7 Å². The zero-order valence-electron chi connectivity index (χ0n) is 17.5. The molecule has 4 nitrogen and oxygen atoms in total. The van der Waals surface area contributed by atoms with E-state index in [1.807, 2.05) is 31.2 Å². The van der Waals surface area contributed by atoms with E-state index < -0.39 is 6.04 Å². The van der Waals surface area contributed by atoms with E-state index in [2.05, 4.69) is 38.3 Å². The van der Waals surface area contributed by atoms with Crippen LogP contribution in [-0.2, 0) is 9.59 Å². The molecule has 2 N–H and O–H groups in total. The Balaban J connectivity index is 2.01. The van der Waals surface area contributed by atoms with E-state index in [0.29, 0.717) is 11.8 Å². The highest BCUT2D eigenvalue weighted by atomic mass is 16.2. The minimum absolute atomic E-state index is 0.0394. The van der Waals surface area contributed by atoms with Crippen LogP contribution in [-0.4, -0.2) is 17.9 Å². The van der Waals surface area contributed by atoms with Crippen LogP contribution in [0.3, 0.4) is 0 Å². The first-order valence-electron chi connectivity index (χ1n) is 10.5. The Morgan fingerprint density at radius 3 is 2.15 bits per heavy atom. The molecular weight excluding hydrogens is 336 g/mol. The average Bonchev–Trinajstić information content (AvgIpc) is 2.66. The van der Waals surface area contributed by atoms with Crippen LogP contribution in [0.4, 0.5) is 5.69 Å². The summed E-state index contributed by atoms with van der Waals surface area (Å²) in [5.41, 5.74) is 2.02. The molecule has 27 heavy (non-hydrogen) atoms. The number of carbonyl (C=O) groups is 2. The van der Waals surface area contributed by atoms with E-state index in [9.17, 15) is 9.59 Å². The van der Waals surface area contributed by atoms with Crippen molar-refractivity contribution < 1.29 is 9.59 Å². The van der Waals surface area contributed by atoms with E-state index in [0.717, 1.165) is 37.8 Å². The lowest BCUT2D eigenvalue weighted by atomic mass is 9.82. The van der Waals surface area contributed by atoms with Gasteiger partial charge >= 0.3 is 0 Å². The van der Waals surface area contributed by atoms with E-state index in [1.54, 1.807) is 0 Å². The van der Waals surface area contributed by atoms with Gasteiger partial charge in [-0.3, -0.25) is 9.59 Å². The van der Waals surface area contributed by atoms with Gasteiger partial charge in [0.1, 0.15) is 6.04 Å². The number of anilines is 1. The van der Waals surface area contributed by atoms with Gasteiger partial charge < -0.3 is 10.6 Å². The molecule has 2 rings (SSSR count). The quantitative estimate of drug-likeness (QED) is 0.699. The normalized spacial score (nSPS) is 22.1. The highest BCUT2D eigenvalue weighted by Gasteiger charge is 2.30. The first-order chi connectivity index (χ1) is 12.8. The van der Waals surface area contributed by atoms with Crippen molar-refractivity contribution in [1.82, 2.24) is 5.32 Å². The van der Waals surface area contributed by atoms with Crippen LogP contribution in [0.2, 0.25) is 0 Å². The molecule has 0 bridgehead atoms. The lowest BCUT2D eigenvalue weighted by Crippen LogP contribution is -2.49. The van der Waals surface area contributed by atoms with Crippen molar-refractivity contribution in [2.75, 3.05) is 5.32 Å². The standard InChI is InChI=1S/C23H36N2O2/c1-6-17(5)21(25-22(26)19-9-7-16(4)8-10-19)23(27)24-20-13-11-18(12-14-20)15(2)3/h11-17,19,21H,6-10H2,1-5H3,(H,24,27)(H,25,26)/t16?,17-,19?,21+/m1/s1. The molecule has 4 heteroatoms. The Morgan fingerprint density at radius 1 is 1.04 bits per heavy atom. The lowest BCUT2D eigenvalue weighted by Gasteiger charge is -2.29. The Hall–Kier alpha value is -1.84. The smallest absolute Gasteiger partial charge is 0.247 e. The van der Waals surface area contributed by atoms with Crippen molar-refractivity contribution in [3.63, 3.8) is 0 Å². The SMILES string of the molecule is CC[C@@H](C)[C@H](NC(=O)C1CCC(C)CC1)C(=O)Nc1ccc(C(C)C)cc1. The molecule has 1 saturated carbocycles. The summed E-state index contributed by atoms with van der Waals surface area (Å²) in [5, 5.41) is 6.04. The molecule has 2 amide bonds. The third-order valence-electron chi connectivity index (χ3n) is 6.02. The van der Waals surface area contributed by atoms with E-state index in [1.165, 1.54) is 5.56 Å². The Bertz CT molecular complexity index is 616. The maximum absolute atomic E-state index is 12.9. The van der Waals surface area contributed by atoms with Crippen molar-refractivity contribution in [1.29, 1.82) is 0 Å². The van der Waals surface area contributed by atoms with Gasteiger partial charge in [-0.2, -0.15) is 0 Å². The zero-order valence-corrected chi connectivity index (χ0v) is 17.5. The van der Waals surface area contributed by atoms with E-state index in [4.69, 9.17) is 0 Å². The number of rotatable bonds is 7. The third-order valence-corrected chi connectivity index (χ3v) is 6.02. The first-order valence-corrected chi connectivity index (χ1v) is 10.5. The fourth-order valence-electron chi connectivity index (χ4n) is 3.67. The summed E-state index contributed by atoms with van der Waals surface area (Å²) in [5.74, 6) is 1.21. The molecule has 0 aliphatic heterocycles. The maximum atomic E-state index is 12.9. The number of hydrogen-bond donors (Lipinski definition) is 2. The minimum atomic E-state index is -0.494. The molecule has 0 spiro atoms. The van der Waals surface area contributed by atoms with E-state index >= 15 is 0 Å². The van der Waals surface area contributed by atoms with Crippen LogP contribution in [0.5, 0.6) is 0 Å². The van der Waals surface area contributed by atoms with Crippen LogP contribution < -0.4 is 10.6 Å². The monoisotopic (exact) mass is 372 g/mol. The number of amides is 2. The van der Waals surface area contributed by atoms with Crippen molar-refractivity contribution in [3.05, 3.63) is 29.8 Å². The Morgan fingerprint density at radius 2 is 1.63 bits per heavy atom. The number of nitrogens with one attached hydrogen (secondary N) is 2. The van der Waals surface area contributed by atoms with Gasteiger partial charge in [-0.05, 0) is 61.1 Å². The molecule has 0 radical (unpaired) electrons. The second-order valence-electron chi connectivity index (χ2n) is 8.59. The molecule has 150 valence electrons. The Labute approximate surface area is 164 Å². The molecular formula is C23H36N2O2. The number of hydrogen-bond acceptors (Lipinski definition) is 2. The topological polar surface area (TPSA) is 58.2 Å². The van der Waals surface area contributed by atoms with Crippen molar-refractivity contribution in [2.45, 2.75) is 78.7 Å². The second kappa shape index (κ2) is 9.91. The predicted octanol–water partition coefficient (Wildman–Crippen LogP) is 5.11. The molecule has 0 unspecified atom stereocenters. The molecule has 1 aromatic carbocycles. The van der Waals surface area contributed by atoms with Gasteiger partial charge in [0.2, 0.25) is 11.8 Å². The molecule has 0 heterocycles. The lowest BCUT2D eigenvalue weighted by molar-refractivity contribution is -0.131. The summed E-state index contributed by atoms with van der Waals surface area (Å²) >= 11 is 0. The number of carbonyl (C=O) groups excluding carboxylic acids is 2.